The maximum absolute atomic E-state index is 11.1. The zero-order chi connectivity index (χ0) is 7.98. The minimum absolute atomic E-state index is 0.229. The molecule has 0 aromatic rings. The zero-order valence-electron chi connectivity index (χ0n) is 7.05. The highest BCUT2D eigenvalue weighted by atomic mass is 16.2. The van der Waals surface area contributed by atoms with E-state index in [9.17, 15) is 4.79 Å². The van der Waals surface area contributed by atoms with Crippen molar-refractivity contribution in [2.24, 2.45) is 0 Å². The van der Waals surface area contributed by atoms with Gasteiger partial charge in [0.15, 0.2) is 6.54 Å². The van der Waals surface area contributed by atoms with Crippen LogP contribution in [-0.4, -0.2) is 37.5 Å². The molecule has 0 aromatic carbocycles. The standard InChI is InChI=1S/C7H16N2O/c1-4-9(5-2)7(10)6-8-3/h8H,4-6H2,1-3H3/p+1. The maximum atomic E-state index is 11.1. The van der Waals surface area contributed by atoms with Crippen LogP contribution in [0.25, 0.3) is 0 Å². The second-order valence-corrected chi connectivity index (χ2v) is 2.18. The predicted octanol–water partition coefficient (Wildman–Crippen LogP) is -0.952. The number of carbonyl (C=O) groups excluding carboxylic acids is 1. The third-order valence-corrected chi connectivity index (χ3v) is 1.49. The Morgan fingerprint density at radius 3 is 2.20 bits per heavy atom. The molecule has 0 saturated carbocycles. The molecule has 0 heterocycles. The van der Waals surface area contributed by atoms with Crippen molar-refractivity contribution in [1.82, 2.24) is 4.90 Å². The second kappa shape index (κ2) is 5.23. The molecule has 1 amide bonds. The van der Waals surface area contributed by atoms with Crippen LogP contribution >= 0.6 is 0 Å². The summed E-state index contributed by atoms with van der Waals surface area (Å²) in [6.07, 6.45) is 0. The van der Waals surface area contributed by atoms with Crippen molar-refractivity contribution < 1.29 is 10.1 Å². The van der Waals surface area contributed by atoms with Crippen LogP contribution in [0.4, 0.5) is 0 Å². The second-order valence-electron chi connectivity index (χ2n) is 2.18. The lowest BCUT2D eigenvalue weighted by Gasteiger charge is -2.16. The van der Waals surface area contributed by atoms with Gasteiger partial charge in [-0.05, 0) is 13.8 Å². The van der Waals surface area contributed by atoms with Crippen LogP contribution in [0.5, 0.6) is 0 Å². The van der Waals surface area contributed by atoms with Gasteiger partial charge >= 0.3 is 0 Å². The first-order chi connectivity index (χ1) is 4.76. The molecule has 3 nitrogen and oxygen atoms in total. The number of rotatable bonds is 4. The van der Waals surface area contributed by atoms with Gasteiger partial charge < -0.3 is 10.2 Å². The Balaban J connectivity index is 3.65. The Hall–Kier alpha value is -0.570. The van der Waals surface area contributed by atoms with Gasteiger partial charge in [-0.2, -0.15) is 0 Å². The molecule has 60 valence electrons. The van der Waals surface area contributed by atoms with Crippen LogP contribution in [0.2, 0.25) is 0 Å². The summed E-state index contributed by atoms with van der Waals surface area (Å²) in [7, 11) is 1.90. The first-order valence-corrected chi connectivity index (χ1v) is 3.81. The summed E-state index contributed by atoms with van der Waals surface area (Å²) in [6, 6.07) is 0. The van der Waals surface area contributed by atoms with Crippen molar-refractivity contribution in [2.75, 3.05) is 26.7 Å². The van der Waals surface area contributed by atoms with E-state index in [1.54, 1.807) is 0 Å². The van der Waals surface area contributed by atoms with Crippen LogP contribution in [0, 0.1) is 0 Å². The van der Waals surface area contributed by atoms with Gasteiger partial charge in [-0.1, -0.05) is 0 Å². The molecule has 0 fully saturated rings. The maximum Gasteiger partial charge on any atom is 0.277 e. The molecular formula is C7H17N2O+. The third kappa shape index (κ3) is 2.82. The van der Waals surface area contributed by atoms with Gasteiger partial charge in [0, 0.05) is 13.1 Å². The molecule has 2 N–H and O–H groups in total. The van der Waals surface area contributed by atoms with Crippen molar-refractivity contribution >= 4 is 5.91 Å². The molecule has 0 aliphatic heterocycles. The summed E-state index contributed by atoms with van der Waals surface area (Å²) in [4.78, 5) is 12.9. The fraction of sp³-hybridized carbons (Fsp3) is 0.857. The van der Waals surface area contributed by atoms with E-state index < -0.39 is 0 Å². The normalized spacial score (nSPS) is 9.50. The largest absolute Gasteiger partial charge is 0.341 e. The van der Waals surface area contributed by atoms with Crippen LogP contribution in [0.15, 0.2) is 0 Å². The smallest absolute Gasteiger partial charge is 0.277 e. The van der Waals surface area contributed by atoms with E-state index in [4.69, 9.17) is 0 Å². The number of hydrogen-bond donors (Lipinski definition) is 1. The molecule has 0 rings (SSSR count). The van der Waals surface area contributed by atoms with E-state index in [1.807, 2.05) is 31.1 Å². The summed E-state index contributed by atoms with van der Waals surface area (Å²) in [6.45, 7) is 6.21. The Labute approximate surface area is 62.4 Å². The predicted molar refractivity (Wildman–Crippen MR) is 40.6 cm³/mol. The molecule has 0 aromatic heterocycles. The number of amides is 1. The van der Waals surface area contributed by atoms with Crippen molar-refractivity contribution in [3.8, 4) is 0 Å². The highest BCUT2D eigenvalue weighted by molar-refractivity contribution is 5.76. The van der Waals surface area contributed by atoms with Crippen molar-refractivity contribution in [2.45, 2.75) is 13.8 Å². The Kier molecular flexibility index (Phi) is 4.94. The third-order valence-electron chi connectivity index (χ3n) is 1.49. The minimum Gasteiger partial charge on any atom is -0.341 e. The highest BCUT2D eigenvalue weighted by Gasteiger charge is 2.08. The lowest BCUT2D eigenvalue weighted by molar-refractivity contribution is -0.616. The lowest BCUT2D eigenvalue weighted by Crippen LogP contribution is -2.82. The molecular weight excluding hydrogens is 128 g/mol. The quantitative estimate of drug-likeness (QED) is 0.544. The Morgan fingerprint density at radius 1 is 1.40 bits per heavy atom. The SMILES string of the molecule is CCN(CC)C(=O)C[NH2+]C. The van der Waals surface area contributed by atoms with Crippen molar-refractivity contribution in [3.63, 3.8) is 0 Å². The van der Waals surface area contributed by atoms with Gasteiger partial charge in [0.2, 0.25) is 0 Å². The summed E-state index contributed by atoms with van der Waals surface area (Å²) in [5.74, 6) is 0.229. The van der Waals surface area contributed by atoms with E-state index >= 15 is 0 Å². The monoisotopic (exact) mass is 145 g/mol. The van der Waals surface area contributed by atoms with Gasteiger partial charge in [-0.15, -0.1) is 0 Å². The molecule has 0 aliphatic rings. The summed E-state index contributed by atoms with van der Waals surface area (Å²) < 4.78 is 0. The van der Waals surface area contributed by atoms with Crippen molar-refractivity contribution in [3.05, 3.63) is 0 Å². The fourth-order valence-corrected chi connectivity index (χ4v) is 0.880. The van der Waals surface area contributed by atoms with E-state index in [0.29, 0.717) is 6.54 Å². The first kappa shape index (κ1) is 9.43. The number of hydrogen-bond acceptors (Lipinski definition) is 1. The van der Waals surface area contributed by atoms with E-state index in [1.165, 1.54) is 0 Å². The van der Waals surface area contributed by atoms with Gasteiger partial charge in [0.05, 0.1) is 7.05 Å². The van der Waals surface area contributed by atoms with E-state index in [0.717, 1.165) is 13.1 Å². The van der Waals surface area contributed by atoms with Crippen LogP contribution < -0.4 is 5.32 Å². The molecule has 0 atom stereocenters. The van der Waals surface area contributed by atoms with Crippen molar-refractivity contribution in [1.29, 1.82) is 0 Å². The molecule has 0 unspecified atom stereocenters. The van der Waals surface area contributed by atoms with E-state index in [-0.39, 0.29) is 5.91 Å². The highest BCUT2D eigenvalue weighted by Crippen LogP contribution is 1.84. The number of nitrogens with two attached hydrogens (primary N) is 1. The average Bonchev–Trinajstić information content (AvgIpc) is 1.91. The Bertz CT molecular complexity index is 99.8. The topological polar surface area (TPSA) is 36.9 Å². The number of nitrogens with zero attached hydrogens (tertiary/aromatic N) is 1. The summed E-state index contributed by atoms with van der Waals surface area (Å²) in [5, 5.41) is 1.89. The van der Waals surface area contributed by atoms with E-state index in [2.05, 4.69) is 0 Å². The summed E-state index contributed by atoms with van der Waals surface area (Å²) >= 11 is 0. The molecule has 3 heteroatoms. The van der Waals surface area contributed by atoms with Gasteiger partial charge in [-0.25, -0.2) is 0 Å². The summed E-state index contributed by atoms with van der Waals surface area (Å²) in [5.41, 5.74) is 0. The molecule has 0 bridgehead atoms. The first-order valence-electron chi connectivity index (χ1n) is 3.81. The molecule has 10 heavy (non-hydrogen) atoms. The van der Waals surface area contributed by atoms with Crippen LogP contribution in [0.3, 0.4) is 0 Å². The number of carbonyl (C=O) groups is 1. The zero-order valence-corrected chi connectivity index (χ0v) is 7.05. The van der Waals surface area contributed by atoms with Gasteiger partial charge in [0.1, 0.15) is 0 Å². The molecule has 0 saturated heterocycles. The molecule has 0 radical (unpaired) electrons. The lowest BCUT2D eigenvalue weighted by atomic mass is 10.4. The molecule has 0 spiro atoms. The fourth-order valence-electron chi connectivity index (χ4n) is 0.880. The number of likely N-dealkylation sites (N-methyl/N-ethyl adjacent to an activating group) is 2. The van der Waals surface area contributed by atoms with Crippen LogP contribution in [-0.2, 0) is 4.79 Å². The van der Waals surface area contributed by atoms with Crippen LogP contribution in [0.1, 0.15) is 13.8 Å². The minimum atomic E-state index is 0.229. The van der Waals surface area contributed by atoms with Gasteiger partial charge in [0.25, 0.3) is 5.91 Å². The van der Waals surface area contributed by atoms with Gasteiger partial charge in [-0.3, -0.25) is 4.79 Å². The Morgan fingerprint density at radius 2 is 1.90 bits per heavy atom. The number of quaternary nitrogens is 1. The average molecular weight is 145 g/mol. The molecule has 0 aliphatic carbocycles.